The SMILES string of the molecule is Cc1cc(Cl)ccc1OCc1ccc(C(=O)Nc2nn(Cc3ccccc3F)cc2Cl)o1. The lowest BCUT2D eigenvalue weighted by molar-refractivity contribution is 0.0992. The summed E-state index contributed by atoms with van der Waals surface area (Å²) < 4.78 is 26.6. The van der Waals surface area contributed by atoms with Crippen LogP contribution in [-0.2, 0) is 13.2 Å². The fourth-order valence-corrected chi connectivity index (χ4v) is 3.46. The van der Waals surface area contributed by atoms with E-state index >= 15 is 0 Å². The zero-order valence-corrected chi connectivity index (χ0v) is 18.5. The van der Waals surface area contributed by atoms with Crippen LogP contribution in [0, 0.1) is 12.7 Å². The normalized spacial score (nSPS) is 10.9. The lowest BCUT2D eigenvalue weighted by Gasteiger charge is -2.07. The Balaban J connectivity index is 1.39. The molecule has 4 aromatic rings. The molecule has 32 heavy (non-hydrogen) atoms. The van der Waals surface area contributed by atoms with Crippen LogP contribution >= 0.6 is 23.2 Å². The monoisotopic (exact) mass is 473 g/mol. The summed E-state index contributed by atoms with van der Waals surface area (Å²) in [6.07, 6.45) is 1.51. The molecule has 0 aliphatic carbocycles. The molecule has 0 saturated carbocycles. The molecular weight excluding hydrogens is 456 g/mol. The molecule has 0 bridgehead atoms. The van der Waals surface area contributed by atoms with Gasteiger partial charge in [0.15, 0.2) is 11.6 Å². The molecule has 0 saturated heterocycles. The Hall–Kier alpha value is -3.29. The highest BCUT2D eigenvalue weighted by molar-refractivity contribution is 6.33. The molecule has 2 aromatic heterocycles. The van der Waals surface area contributed by atoms with Gasteiger partial charge in [0.05, 0.1) is 6.54 Å². The molecule has 0 unspecified atom stereocenters. The van der Waals surface area contributed by atoms with Crippen molar-refractivity contribution in [1.29, 1.82) is 0 Å². The number of aryl methyl sites for hydroxylation is 1. The Kier molecular flexibility index (Phi) is 6.48. The highest BCUT2D eigenvalue weighted by Gasteiger charge is 2.16. The van der Waals surface area contributed by atoms with E-state index in [1.165, 1.54) is 23.0 Å². The third-order valence-electron chi connectivity index (χ3n) is 4.63. The van der Waals surface area contributed by atoms with Crippen LogP contribution in [0.25, 0.3) is 0 Å². The third kappa shape index (κ3) is 5.12. The number of nitrogens with one attached hydrogen (secondary N) is 1. The molecule has 1 amide bonds. The first-order valence-electron chi connectivity index (χ1n) is 9.64. The lowest BCUT2D eigenvalue weighted by atomic mass is 10.2. The summed E-state index contributed by atoms with van der Waals surface area (Å²) in [5.41, 5.74) is 1.35. The number of hydrogen-bond acceptors (Lipinski definition) is 4. The summed E-state index contributed by atoms with van der Waals surface area (Å²) in [6, 6.07) is 14.9. The minimum absolute atomic E-state index is 0.0798. The smallest absolute Gasteiger partial charge is 0.292 e. The van der Waals surface area contributed by atoms with Crippen molar-refractivity contribution < 1.29 is 18.3 Å². The van der Waals surface area contributed by atoms with E-state index in [-0.39, 0.29) is 35.6 Å². The topological polar surface area (TPSA) is 69.3 Å². The van der Waals surface area contributed by atoms with E-state index in [1.54, 1.807) is 42.5 Å². The Morgan fingerprint density at radius 3 is 2.78 bits per heavy atom. The molecule has 4 rings (SSSR count). The molecule has 0 fully saturated rings. The average molecular weight is 474 g/mol. The molecule has 0 atom stereocenters. The van der Waals surface area contributed by atoms with E-state index in [0.29, 0.717) is 22.1 Å². The number of benzene rings is 2. The largest absolute Gasteiger partial charge is 0.485 e. The van der Waals surface area contributed by atoms with Crippen LogP contribution in [0.3, 0.4) is 0 Å². The Morgan fingerprint density at radius 1 is 1.19 bits per heavy atom. The molecule has 0 aliphatic rings. The Labute approximate surface area is 193 Å². The van der Waals surface area contributed by atoms with Crippen molar-refractivity contribution in [3.05, 3.63) is 99.3 Å². The summed E-state index contributed by atoms with van der Waals surface area (Å²) in [5.74, 6) is 0.514. The second-order valence-corrected chi connectivity index (χ2v) is 7.88. The number of anilines is 1. The van der Waals surface area contributed by atoms with Crippen molar-refractivity contribution in [3.63, 3.8) is 0 Å². The van der Waals surface area contributed by atoms with E-state index in [4.69, 9.17) is 32.4 Å². The average Bonchev–Trinajstić information content (AvgIpc) is 3.36. The maximum Gasteiger partial charge on any atom is 0.292 e. The molecule has 9 heteroatoms. The Morgan fingerprint density at radius 2 is 2.00 bits per heavy atom. The number of nitrogens with zero attached hydrogens (tertiary/aromatic N) is 2. The number of aromatic nitrogens is 2. The standard InChI is InChI=1S/C23H18Cl2FN3O3/c1-14-10-16(24)6-8-20(14)31-13-17-7-9-21(32-17)23(30)27-22-18(25)12-29(28-22)11-15-4-2-3-5-19(15)26/h2-10,12H,11,13H2,1H3,(H,27,28,30). The molecule has 1 N–H and O–H groups in total. The maximum atomic E-state index is 13.9. The van der Waals surface area contributed by atoms with Gasteiger partial charge in [-0.05, 0) is 48.9 Å². The number of rotatable bonds is 7. The van der Waals surface area contributed by atoms with Gasteiger partial charge in [-0.25, -0.2) is 4.39 Å². The molecule has 2 heterocycles. The van der Waals surface area contributed by atoms with Gasteiger partial charge in [0.1, 0.15) is 29.0 Å². The lowest BCUT2D eigenvalue weighted by Crippen LogP contribution is -2.12. The molecule has 164 valence electrons. The number of amides is 1. The summed E-state index contributed by atoms with van der Waals surface area (Å²) in [6.45, 7) is 2.21. The second-order valence-electron chi connectivity index (χ2n) is 7.03. The second kappa shape index (κ2) is 9.46. The van der Waals surface area contributed by atoms with E-state index in [2.05, 4.69) is 10.4 Å². The van der Waals surface area contributed by atoms with Crippen molar-refractivity contribution in [3.8, 4) is 5.75 Å². The van der Waals surface area contributed by atoms with Crippen molar-refractivity contribution in [2.45, 2.75) is 20.1 Å². The fourth-order valence-electron chi connectivity index (χ4n) is 3.03. The first kappa shape index (κ1) is 21.9. The molecule has 2 aromatic carbocycles. The van der Waals surface area contributed by atoms with Gasteiger partial charge >= 0.3 is 0 Å². The van der Waals surface area contributed by atoms with Crippen LogP contribution < -0.4 is 10.1 Å². The van der Waals surface area contributed by atoms with Gasteiger partial charge < -0.3 is 14.5 Å². The van der Waals surface area contributed by atoms with Crippen molar-refractivity contribution in [1.82, 2.24) is 9.78 Å². The Bertz CT molecular complexity index is 1270. The quantitative estimate of drug-likeness (QED) is 0.351. The van der Waals surface area contributed by atoms with Gasteiger partial charge in [0.25, 0.3) is 5.91 Å². The van der Waals surface area contributed by atoms with Crippen molar-refractivity contribution >= 4 is 34.9 Å². The zero-order chi connectivity index (χ0) is 22.7. The van der Waals surface area contributed by atoms with E-state index in [9.17, 15) is 9.18 Å². The predicted octanol–water partition coefficient (Wildman–Crippen LogP) is 6.11. The number of hydrogen-bond donors (Lipinski definition) is 1. The van der Waals surface area contributed by atoms with E-state index in [0.717, 1.165) is 5.56 Å². The van der Waals surface area contributed by atoms with Crippen LogP contribution in [0.15, 0.2) is 65.2 Å². The van der Waals surface area contributed by atoms with Crippen LogP contribution in [0.4, 0.5) is 10.2 Å². The minimum atomic E-state index is -0.517. The number of carbonyl (C=O) groups is 1. The zero-order valence-electron chi connectivity index (χ0n) is 16.9. The van der Waals surface area contributed by atoms with Gasteiger partial charge in [-0.15, -0.1) is 0 Å². The summed E-state index contributed by atoms with van der Waals surface area (Å²) >= 11 is 12.1. The van der Waals surface area contributed by atoms with Crippen LogP contribution in [0.5, 0.6) is 5.75 Å². The van der Waals surface area contributed by atoms with Gasteiger partial charge in [0.2, 0.25) is 0 Å². The predicted molar refractivity (Wildman–Crippen MR) is 120 cm³/mol. The molecule has 0 spiro atoms. The number of ether oxygens (including phenoxy) is 1. The molecule has 6 nitrogen and oxygen atoms in total. The molecular formula is C23H18Cl2FN3O3. The first-order chi connectivity index (χ1) is 15.4. The van der Waals surface area contributed by atoms with Crippen molar-refractivity contribution in [2.24, 2.45) is 0 Å². The van der Waals surface area contributed by atoms with Crippen LogP contribution in [-0.4, -0.2) is 15.7 Å². The number of halogens is 3. The van der Waals surface area contributed by atoms with Crippen LogP contribution in [0.1, 0.15) is 27.4 Å². The van der Waals surface area contributed by atoms with E-state index < -0.39 is 5.91 Å². The van der Waals surface area contributed by atoms with Crippen molar-refractivity contribution in [2.75, 3.05) is 5.32 Å². The fraction of sp³-hybridized carbons (Fsp3) is 0.130. The van der Waals surface area contributed by atoms with Gasteiger partial charge in [0, 0.05) is 16.8 Å². The van der Waals surface area contributed by atoms with E-state index in [1.807, 2.05) is 6.92 Å². The summed E-state index contributed by atoms with van der Waals surface area (Å²) in [5, 5.41) is 7.68. The summed E-state index contributed by atoms with van der Waals surface area (Å²) in [4.78, 5) is 12.5. The number of furan rings is 1. The number of carbonyl (C=O) groups excluding carboxylic acids is 1. The first-order valence-corrected chi connectivity index (χ1v) is 10.4. The third-order valence-corrected chi connectivity index (χ3v) is 5.14. The highest BCUT2D eigenvalue weighted by atomic mass is 35.5. The van der Waals surface area contributed by atoms with Crippen LogP contribution in [0.2, 0.25) is 10.0 Å². The molecule has 0 radical (unpaired) electrons. The maximum absolute atomic E-state index is 13.9. The van der Waals surface area contributed by atoms with Gasteiger partial charge in [-0.1, -0.05) is 41.4 Å². The minimum Gasteiger partial charge on any atom is -0.485 e. The van der Waals surface area contributed by atoms with Gasteiger partial charge in [-0.2, -0.15) is 5.10 Å². The van der Waals surface area contributed by atoms with Gasteiger partial charge in [-0.3, -0.25) is 9.48 Å². The molecule has 0 aliphatic heterocycles. The highest BCUT2D eigenvalue weighted by Crippen LogP contribution is 2.24. The summed E-state index contributed by atoms with van der Waals surface area (Å²) in [7, 11) is 0.